The minimum absolute atomic E-state index is 2.11. The van der Waals surface area contributed by atoms with Crippen molar-refractivity contribution >= 4 is 24.4 Å². The van der Waals surface area contributed by atoms with Gasteiger partial charge in [0.2, 0.25) is 10.3 Å². The maximum Gasteiger partial charge on any atom is 0.314 e. The average molecular weight is 160 g/mol. The molecule has 0 aromatic heterocycles. The van der Waals surface area contributed by atoms with Gasteiger partial charge < -0.3 is 9.79 Å². The van der Waals surface area contributed by atoms with Gasteiger partial charge in [-0.25, -0.2) is 0 Å². The zero-order chi connectivity index (χ0) is 7.15. The van der Waals surface area contributed by atoms with E-state index in [1.165, 1.54) is 0 Å². The van der Waals surface area contributed by atoms with Crippen LogP contribution in [-0.4, -0.2) is 24.1 Å². The Balaban J connectivity index is 0. The van der Waals surface area contributed by atoms with Crippen molar-refractivity contribution in [3.8, 4) is 0 Å². The van der Waals surface area contributed by atoms with Crippen LogP contribution in [0.5, 0.6) is 0 Å². The summed E-state index contributed by atoms with van der Waals surface area (Å²) in [4.78, 5) is 14.3. The highest BCUT2D eigenvalue weighted by Gasteiger charge is 1.61. The molecule has 2 N–H and O–H groups in total. The van der Waals surface area contributed by atoms with Crippen LogP contribution in [0.3, 0.4) is 0 Å². The molecule has 7 heteroatoms. The van der Waals surface area contributed by atoms with Gasteiger partial charge >= 0.3 is 8.25 Å². The maximum absolute atomic E-state index is 8.89. The van der Waals surface area contributed by atoms with Crippen molar-refractivity contribution < 1.29 is 22.8 Å². The van der Waals surface area contributed by atoms with Crippen LogP contribution in [0, 0.1) is 0 Å². The summed E-state index contributed by atoms with van der Waals surface area (Å²) in [5.41, 5.74) is 0. The fourth-order valence-electron chi connectivity index (χ4n) is 0. The van der Waals surface area contributed by atoms with E-state index < -0.39 is 18.5 Å². The Morgan fingerprint density at radius 3 is 1.38 bits per heavy atom. The lowest BCUT2D eigenvalue weighted by Gasteiger charge is -1.61. The first kappa shape index (κ1) is 10.8. The lowest BCUT2D eigenvalue weighted by atomic mass is 12.0. The normalized spacial score (nSPS) is 7.38. The molecule has 0 fully saturated rings. The minimum Gasteiger partial charge on any atom is -0.326 e. The van der Waals surface area contributed by atoms with Crippen molar-refractivity contribution in [2.24, 2.45) is 0 Å². The lowest BCUT2D eigenvalue weighted by Crippen LogP contribution is -1.39. The van der Waals surface area contributed by atoms with E-state index in [4.69, 9.17) is 22.8 Å². The van der Waals surface area contributed by atoms with Gasteiger partial charge in [-0.3, -0.25) is 4.57 Å². The summed E-state index contributed by atoms with van der Waals surface area (Å²) in [7, 11) is -5.24. The van der Waals surface area contributed by atoms with E-state index in [1.807, 2.05) is 0 Å². The lowest BCUT2D eigenvalue weighted by molar-refractivity contribution is 0.405. The molecule has 0 bridgehead atoms. The van der Waals surface area contributed by atoms with Gasteiger partial charge in [0.05, 0.1) is 0 Å². The van der Waals surface area contributed by atoms with Crippen LogP contribution in [0.2, 0.25) is 0 Å². The van der Waals surface area contributed by atoms with Crippen LogP contribution in [0.25, 0.3) is 0 Å². The molecule has 0 spiro atoms. The molecule has 0 saturated carbocycles. The SMILES string of the molecule is C=S(=O)=O.O=[PH](O)O. The van der Waals surface area contributed by atoms with Crippen LogP contribution in [-0.2, 0) is 14.9 Å². The Labute approximate surface area is 48.1 Å². The van der Waals surface area contributed by atoms with Gasteiger partial charge in [0.25, 0.3) is 0 Å². The molecule has 50 valence electrons. The quantitative estimate of drug-likeness (QED) is 0.338. The zero-order valence-electron chi connectivity index (χ0n) is 3.73. The highest BCUT2D eigenvalue weighted by Crippen LogP contribution is 1.98. The van der Waals surface area contributed by atoms with E-state index in [1.54, 1.807) is 0 Å². The number of hydrogen-bond acceptors (Lipinski definition) is 3. The topological polar surface area (TPSA) is 91.7 Å². The Bertz CT molecular complexity index is 141. The highest BCUT2D eigenvalue weighted by atomic mass is 32.2. The molecular formula is CH5O5PS. The summed E-state index contributed by atoms with van der Waals surface area (Å²) in [6.45, 7) is 0. The van der Waals surface area contributed by atoms with E-state index in [-0.39, 0.29) is 0 Å². The molecule has 0 rings (SSSR count). The summed E-state index contributed by atoms with van der Waals surface area (Å²) < 4.78 is 26.5. The van der Waals surface area contributed by atoms with Crippen molar-refractivity contribution in [2.75, 3.05) is 0 Å². The Morgan fingerprint density at radius 2 is 1.38 bits per heavy atom. The second-order valence-electron chi connectivity index (χ2n) is 0.586. The summed E-state index contributed by atoms with van der Waals surface area (Å²) in [6.07, 6.45) is 0. The molecule has 0 radical (unpaired) electrons. The number of hydrogen-bond donors (Lipinski definition) is 2. The molecule has 0 atom stereocenters. The molecule has 0 aliphatic rings. The first-order valence-electron chi connectivity index (χ1n) is 1.27. The van der Waals surface area contributed by atoms with Gasteiger partial charge in [-0.05, 0) is 0 Å². The molecule has 0 amide bonds. The van der Waals surface area contributed by atoms with Crippen LogP contribution in [0.15, 0.2) is 0 Å². The van der Waals surface area contributed by atoms with Crippen molar-refractivity contribution in [3.63, 3.8) is 0 Å². The molecular weight excluding hydrogens is 155 g/mol. The first-order valence-corrected chi connectivity index (χ1v) is 3.82. The van der Waals surface area contributed by atoms with Gasteiger partial charge in [-0.15, -0.1) is 0 Å². The molecule has 0 unspecified atom stereocenters. The van der Waals surface area contributed by atoms with Gasteiger partial charge in [0, 0.05) is 5.87 Å². The van der Waals surface area contributed by atoms with E-state index in [9.17, 15) is 0 Å². The fourth-order valence-corrected chi connectivity index (χ4v) is 0. The Morgan fingerprint density at radius 1 is 1.38 bits per heavy atom. The molecule has 8 heavy (non-hydrogen) atoms. The average Bonchev–Trinajstić information content (AvgIpc) is 1.25. The van der Waals surface area contributed by atoms with Gasteiger partial charge in [-0.1, -0.05) is 0 Å². The van der Waals surface area contributed by atoms with Crippen molar-refractivity contribution in [3.05, 3.63) is 0 Å². The van der Waals surface area contributed by atoms with Crippen LogP contribution in [0.4, 0.5) is 0 Å². The Kier molecular flexibility index (Phi) is 9.20. The van der Waals surface area contributed by atoms with Gasteiger partial charge in [0.1, 0.15) is 0 Å². The summed E-state index contributed by atoms with van der Waals surface area (Å²) in [5.74, 6) is 2.56. The maximum atomic E-state index is 8.89. The smallest absolute Gasteiger partial charge is 0.314 e. The monoisotopic (exact) mass is 160 g/mol. The third kappa shape index (κ3) is 5340. The minimum atomic E-state index is -3.13. The van der Waals surface area contributed by atoms with Crippen molar-refractivity contribution in [2.45, 2.75) is 0 Å². The molecule has 5 nitrogen and oxygen atoms in total. The number of rotatable bonds is 0. The molecule has 0 aliphatic carbocycles. The third-order valence-electron chi connectivity index (χ3n) is 0. The van der Waals surface area contributed by atoms with Crippen LogP contribution < -0.4 is 0 Å². The fraction of sp³-hybridized carbons (Fsp3) is 0. The van der Waals surface area contributed by atoms with E-state index in [2.05, 4.69) is 5.87 Å². The molecule has 0 heterocycles. The predicted octanol–water partition coefficient (Wildman–Crippen LogP) is -1.34. The third-order valence-corrected chi connectivity index (χ3v) is 0. The zero-order valence-corrected chi connectivity index (χ0v) is 5.55. The summed E-state index contributed by atoms with van der Waals surface area (Å²) in [6, 6.07) is 0. The second-order valence-corrected chi connectivity index (χ2v) is 1.76. The largest absolute Gasteiger partial charge is 0.326 e. The van der Waals surface area contributed by atoms with Gasteiger partial charge in [0.15, 0.2) is 0 Å². The van der Waals surface area contributed by atoms with E-state index >= 15 is 0 Å². The van der Waals surface area contributed by atoms with Crippen molar-refractivity contribution in [1.29, 1.82) is 0 Å². The molecule has 0 aromatic rings. The van der Waals surface area contributed by atoms with Crippen molar-refractivity contribution in [1.82, 2.24) is 0 Å². The summed E-state index contributed by atoms with van der Waals surface area (Å²) in [5, 5.41) is 0. The van der Waals surface area contributed by atoms with Gasteiger partial charge in [-0.2, -0.15) is 8.42 Å². The van der Waals surface area contributed by atoms with E-state index in [0.717, 1.165) is 0 Å². The Hall–Kier alpha value is -0.160. The van der Waals surface area contributed by atoms with Crippen LogP contribution >= 0.6 is 8.25 Å². The second kappa shape index (κ2) is 6.84. The molecule has 0 aromatic carbocycles. The van der Waals surface area contributed by atoms with Crippen LogP contribution in [0.1, 0.15) is 0 Å². The standard InChI is InChI=1S/CH2O2S.H3O3P/c2*1-4(2)3/h1H2;4H,(H2,1,2,3). The molecule has 0 aliphatic heterocycles. The summed E-state index contributed by atoms with van der Waals surface area (Å²) >= 11 is 0. The predicted molar refractivity (Wildman–Crippen MR) is 29.5 cm³/mol. The van der Waals surface area contributed by atoms with E-state index in [0.29, 0.717) is 0 Å². The first-order chi connectivity index (χ1) is 3.46. The molecule has 0 saturated heterocycles. The highest BCUT2D eigenvalue weighted by molar-refractivity contribution is 7.70.